The van der Waals surface area contributed by atoms with Gasteiger partial charge in [-0.15, -0.1) is 11.3 Å². The molecule has 0 fully saturated rings. The first-order chi connectivity index (χ1) is 14.9. The summed E-state index contributed by atoms with van der Waals surface area (Å²) in [5.41, 5.74) is 1.85. The molecule has 0 radical (unpaired) electrons. The number of carbonyl (C=O) groups is 2. The van der Waals surface area contributed by atoms with E-state index in [4.69, 9.17) is 9.47 Å². The van der Waals surface area contributed by atoms with Gasteiger partial charge in [0, 0.05) is 26.0 Å². The Labute approximate surface area is 187 Å². The van der Waals surface area contributed by atoms with Crippen LogP contribution in [-0.4, -0.2) is 61.4 Å². The van der Waals surface area contributed by atoms with Crippen molar-refractivity contribution in [2.45, 2.75) is 26.3 Å². The summed E-state index contributed by atoms with van der Waals surface area (Å²) in [5.74, 6) is 0.267. The van der Waals surface area contributed by atoms with Gasteiger partial charge in [0.05, 0.1) is 30.3 Å². The first kappa shape index (κ1) is 23.0. The van der Waals surface area contributed by atoms with E-state index in [1.807, 2.05) is 55.6 Å². The summed E-state index contributed by atoms with van der Waals surface area (Å²) in [5, 5.41) is 8.21. The van der Waals surface area contributed by atoms with Crippen LogP contribution < -0.4 is 4.74 Å². The lowest BCUT2D eigenvalue weighted by Crippen LogP contribution is -2.44. The second kappa shape index (κ2) is 10.5. The molecule has 1 atom stereocenters. The largest absolute Gasteiger partial charge is 0.497 e. The van der Waals surface area contributed by atoms with Crippen LogP contribution in [0.5, 0.6) is 5.75 Å². The van der Waals surface area contributed by atoms with E-state index in [1.165, 1.54) is 5.01 Å². The maximum Gasteiger partial charge on any atom is 0.262 e. The van der Waals surface area contributed by atoms with Crippen LogP contribution >= 0.6 is 11.3 Å². The molecule has 0 saturated carbocycles. The smallest absolute Gasteiger partial charge is 0.262 e. The van der Waals surface area contributed by atoms with Crippen molar-refractivity contribution in [2.24, 2.45) is 11.0 Å². The van der Waals surface area contributed by atoms with Crippen LogP contribution in [0.4, 0.5) is 0 Å². The molecule has 166 valence electrons. The zero-order valence-corrected chi connectivity index (χ0v) is 19.2. The second-order valence-electron chi connectivity index (χ2n) is 7.66. The molecule has 3 rings (SSSR count). The molecule has 0 spiro atoms. The fourth-order valence-corrected chi connectivity index (χ4v) is 4.21. The minimum absolute atomic E-state index is 0.0335. The molecule has 1 aliphatic rings. The van der Waals surface area contributed by atoms with Crippen LogP contribution in [-0.2, 0) is 14.3 Å². The zero-order chi connectivity index (χ0) is 22.4. The molecule has 0 aliphatic carbocycles. The van der Waals surface area contributed by atoms with E-state index in [0.717, 1.165) is 21.9 Å². The zero-order valence-electron chi connectivity index (χ0n) is 18.4. The van der Waals surface area contributed by atoms with Gasteiger partial charge in [-0.1, -0.05) is 32.0 Å². The van der Waals surface area contributed by atoms with Crippen molar-refractivity contribution in [3.63, 3.8) is 0 Å². The molecule has 0 saturated heterocycles. The Balaban J connectivity index is 1.86. The van der Waals surface area contributed by atoms with Crippen molar-refractivity contribution in [3.8, 4) is 5.75 Å². The molecule has 0 unspecified atom stereocenters. The average molecular weight is 444 g/mol. The van der Waals surface area contributed by atoms with E-state index in [2.05, 4.69) is 5.10 Å². The van der Waals surface area contributed by atoms with E-state index >= 15 is 0 Å². The highest BCUT2D eigenvalue weighted by atomic mass is 32.1. The van der Waals surface area contributed by atoms with E-state index in [-0.39, 0.29) is 30.3 Å². The number of hydrogen-bond donors (Lipinski definition) is 0. The highest BCUT2D eigenvalue weighted by Crippen LogP contribution is 2.34. The summed E-state index contributed by atoms with van der Waals surface area (Å²) < 4.78 is 10.4. The standard InChI is InChI=1S/C23H29N3O4S/c1-16(2)23(28)25(11-12-29-3)15-22(27)26-20(17-7-9-18(30-4)10-8-17)14-19(24-26)21-6-5-13-31-21/h5-10,13,16,20H,11-12,14-15H2,1-4H3/t20-/m1/s1. The van der Waals surface area contributed by atoms with Crippen LogP contribution in [0.2, 0.25) is 0 Å². The van der Waals surface area contributed by atoms with Crippen LogP contribution in [0.1, 0.15) is 36.8 Å². The lowest BCUT2D eigenvalue weighted by atomic mass is 10.0. The molecule has 0 bridgehead atoms. The molecule has 1 aromatic carbocycles. The highest BCUT2D eigenvalue weighted by Gasteiger charge is 2.34. The topological polar surface area (TPSA) is 71.4 Å². The number of ether oxygens (including phenoxy) is 2. The predicted molar refractivity (Wildman–Crippen MR) is 121 cm³/mol. The van der Waals surface area contributed by atoms with E-state index < -0.39 is 0 Å². The monoisotopic (exact) mass is 443 g/mol. The van der Waals surface area contributed by atoms with Crippen molar-refractivity contribution in [3.05, 3.63) is 52.2 Å². The Morgan fingerprint density at radius 2 is 1.97 bits per heavy atom. The molecule has 2 heterocycles. The molecule has 2 aromatic rings. The molecule has 7 nitrogen and oxygen atoms in total. The highest BCUT2D eigenvalue weighted by molar-refractivity contribution is 7.12. The number of nitrogens with zero attached hydrogens (tertiary/aromatic N) is 3. The molecule has 1 aromatic heterocycles. The fraction of sp³-hybridized carbons (Fsp3) is 0.435. The van der Waals surface area contributed by atoms with Gasteiger partial charge >= 0.3 is 0 Å². The number of methoxy groups -OCH3 is 2. The third-order valence-electron chi connectivity index (χ3n) is 5.17. The summed E-state index contributed by atoms with van der Waals surface area (Å²) in [6, 6.07) is 11.4. The van der Waals surface area contributed by atoms with Crippen molar-refractivity contribution in [2.75, 3.05) is 33.9 Å². The van der Waals surface area contributed by atoms with E-state index in [1.54, 1.807) is 30.5 Å². The molecule has 31 heavy (non-hydrogen) atoms. The SMILES string of the molecule is COCCN(CC(=O)N1N=C(c2cccs2)C[C@@H]1c1ccc(OC)cc1)C(=O)C(C)C. The van der Waals surface area contributed by atoms with Gasteiger partial charge in [0.2, 0.25) is 5.91 Å². The quantitative estimate of drug-likeness (QED) is 0.594. The summed E-state index contributed by atoms with van der Waals surface area (Å²) in [6.45, 7) is 4.36. The molecule has 1 aliphatic heterocycles. The molecular weight excluding hydrogens is 414 g/mol. The summed E-state index contributed by atoms with van der Waals surface area (Å²) >= 11 is 1.60. The van der Waals surface area contributed by atoms with Gasteiger partial charge in [0.15, 0.2) is 0 Å². The Kier molecular flexibility index (Phi) is 7.81. The summed E-state index contributed by atoms with van der Waals surface area (Å²) in [4.78, 5) is 28.6. The minimum Gasteiger partial charge on any atom is -0.497 e. The van der Waals surface area contributed by atoms with Gasteiger partial charge in [-0.3, -0.25) is 9.59 Å². The van der Waals surface area contributed by atoms with Crippen LogP contribution in [0.15, 0.2) is 46.9 Å². The normalized spacial score (nSPS) is 15.8. The third-order valence-corrected chi connectivity index (χ3v) is 6.09. The van der Waals surface area contributed by atoms with Crippen molar-refractivity contribution in [1.82, 2.24) is 9.91 Å². The Bertz CT molecular complexity index is 909. The second-order valence-corrected chi connectivity index (χ2v) is 8.61. The van der Waals surface area contributed by atoms with Crippen LogP contribution in [0.25, 0.3) is 0 Å². The van der Waals surface area contributed by atoms with Gasteiger partial charge in [0.1, 0.15) is 12.3 Å². The maximum absolute atomic E-state index is 13.3. The number of hydrogen-bond acceptors (Lipinski definition) is 6. The first-order valence-corrected chi connectivity index (χ1v) is 11.2. The Morgan fingerprint density at radius 1 is 1.23 bits per heavy atom. The van der Waals surface area contributed by atoms with Gasteiger partial charge in [-0.25, -0.2) is 5.01 Å². The predicted octanol–water partition coefficient (Wildman–Crippen LogP) is 3.57. The van der Waals surface area contributed by atoms with Gasteiger partial charge < -0.3 is 14.4 Å². The number of rotatable bonds is 9. The van der Waals surface area contributed by atoms with Crippen LogP contribution in [0.3, 0.4) is 0 Å². The molecule has 2 amide bonds. The fourth-order valence-electron chi connectivity index (χ4n) is 3.49. The summed E-state index contributed by atoms with van der Waals surface area (Å²) in [7, 11) is 3.20. The Hall–Kier alpha value is -2.71. The van der Waals surface area contributed by atoms with Crippen molar-refractivity contribution >= 4 is 28.9 Å². The number of benzene rings is 1. The van der Waals surface area contributed by atoms with Crippen molar-refractivity contribution < 1.29 is 19.1 Å². The molecule has 8 heteroatoms. The third kappa shape index (κ3) is 5.51. The molecule has 0 N–H and O–H groups in total. The number of thiophene rings is 1. The lowest BCUT2D eigenvalue weighted by molar-refractivity contribution is -0.143. The first-order valence-electron chi connectivity index (χ1n) is 10.3. The number of amides is 2. The molecular formula is C23H29N3O4S. The van der Waals surface area contributed by atoms with Gasteiger partial charge in [-0.2, -0.15) is 5.10 Å². The maximum atomic E-state index is 13.3. The average Bonchev–Trinajstić information content (AvgIpc) is 3.46. The van der Waals surface area contributed by atoms with E-state index in [0.29, 0.717) is 19.6 Å². The van der Waals surface area contributed by atoms with Gasteiger partial charge in [0.25, 0.3) is 5.91 Å². The lowest BCUT2D eigenvalue weighted by Gasteiger charge is -2.28. The van der Waals surface area contributed by atoms with Crippen molar-refractivity contribution in [1.29, 1.82) is 0 Å². The van der Waals surface area contributed by atoms with E-state index in [9.17, 15) is 9.59 Å². The van der Waals surface area contributed by atoms with Gasteiger partial charge in [-0.05, 0) is 29.1 Å². The number of carbonyl (C=O) groups excluding carboxylic acids is 2. The minimum atomic E-state index is -0.228. The Morgan fingerprint density at radius 3 is 2.55 bits per heavy atom. The van der Waals surface area contributed by atoms with Crippen LogP contribution in [0, 0.1) is 5.92 Å². The number of hydrazone groups is 1. The summed E-state index contributed by atoms with van der Waals surface area (Å²) in [6.07, 6.45) is 0.620.